The summed E-state index contributed by atoms with van der Waals surface area (Å²) in [5.41, 5.74) is 8.53. The van der Waals surface area contributed by atoms with Gasteiger partial charge in [-0.25, -0.2) is 0 Å². The summed E-state index contributed by atoms with van der Waals surface area (Å²) in [6, 6.07) is 9.70. The Morgan fingerprint density at radius 2 is 2.00 bits per heavy atom. The molecule has 2 aromatic rings. The zero-order valence-corrected chi connectivity index (χ0v) is 13.4. The molecule has 0 amide bonds. The molecular formula is C15H18BrN3O. The Balaban J connectivity index is 2.25. The summed E-state index contributed by atoms with van der Waals surface area (Å²) in [7, 11) is 0. The van der Waals surface area contributed by atoms with Gasteiger partial charge in [-0.15, -0.1) is 0 Å². The van der Waals surface area contributed by atoms with Crippen LogP contribution < -0.4 is 15.8 Å². The first-order chi connectivity index (χ1) is 9.45. The third-order valence-corrected chi connectivity index (χ3v) is 3.28. The maximum absolute atomic E-state index is 5.86. The van der Waals surface area contributed by atoms with Gasteiger partial charge < -0.3 is 15.8 Å². The number of aryl methyl sites for hydroxylation is 1. The molecule has 1 aromatic carbocycles. The predicted octanol–water partition coefficient (Wildman–Crippen LogP) is 4.27. The molecule has 0 aliphatic carbocycles. The van der Waals surface area contributed by atoms with Crippen LogP contribution in [0, 0.1) is 6.92 Å². The average Bonchev–Trinajstić information content (AvgIpc) is 2.36. The lowest BCUT2D eigenvalue weighted by molar-refractivity contribution is 0.234. The summed E-state index contributed by atoms with van der Waals surface area (Å²) in [6.07, 6.45) is 0.0335. The Bertz CT molecular complexity index is 614. The van der Waals surface area contributed by atoms with E-state index in [9.17, 15) is 0 Å². The van der Waals surface area contributed by atoms with Crippen LogP contribution in [0.15, 0.2) is 34.8 Å². The van der Waals surface area contributed by atoms with Crippen molar-refractivity contribution in [2.75, 3.05) is 11.1 Å². The van der Waals surface area contributed by atoms with Crippen molar-refractivity contribution >= 4 is 33.1 Å². The number of nitrogens with two attached hydrogens (primary N) is 1. The molecule has 0 bridgehead atoms. The van der Waals surface area contributed by atoms with Crippen LogP contribution in [-0.4, -0.2) is 11.1 Å². The SMILES string of the molecule is Cc1ccc(Nc2ccc(N)c(OC(C)C)n2)c(Br)c1. The third-order valence-electron chi connectivity index (χ3n) is 2.62. The first-order valence-electron chi connectivity index (χ1n) is 6.42. The van der Waals surface area contributed by atoms with E-state index < -0.39 is 0 Å². The molecule has 0 aliphatic heterocycles. The minimum atomic E-state index is 0.0335. The second kappa shape index (κ2) is 6.13. The molecule has 0 saturated heterocycles. The van der Waals surface area contributed by atoms with E-state index >= 15 is 0 Å². The zero-order chi connectivity index (χ0) is 14.7. The summed E-state index contributed by atoms with van der Waals surface area (Å²) >= 11 is 3.53. The van der Waals surface area contributed by atoms with Crippen LogP contribution in [0.3, 0.4) is 0 Å². The van der Waals surface area contributed by atoms with Crippen molar-refractivity contribution < 1.29 is 4.74 Å². The number of pyridine rings is 1. The number of halogens is 1. The topological polar surface area (TPSA) is 60.2 Å². The highest BCUT2D eigenvalue weighted by Crippen LogP contribution is 2.28. The van der Waals surface area contributed by atoms with Gasteiger partial charge in [0.15, 0.2) is 0 Å². The Morgan fingerprint density at radius 1 is 1.25 bits per heavy atom. The minimum Gasteiger partial charge on any atom is -0.473 e. The second-order valence-corrected chi connectivity index (χ2v) is 5.72. The fourth-order valence-corrected chi connectivity index (χ4v) is 2.29. The van der Waals surface area contributed by atoms with Gasteiger partial charge in [0, 0.05) is 4.47 Å². The van der Waals surface area contributed by atoms with Crippen molar-refractivity contribution in [3.63, 3.8) is 0 Å². The molecule has 5 heteroatoms. The molecule has 1 heterocycles. The lowest BCUT2D eigenvalue weighted by Gasteiger charge is -2.13. The largest absolute Gasteiger partial charge is 0.473 e. The fourth-order valence-electron chi connectivity index (χ4n) is 1.70. The summed E-state index contributed by atoms with van der Waals surface area (Å²) in [4.78, 5) is 4.39. The van der Waals surface area contributed by atoms with E-state index in [4.69, 9.17) is 10.5 Å². The number of rotatable bonds is 4. The maximum Gasteiger partial charge on any atom is 0.239 e. The first kappa shape index (κ1) is 14.7. The Kier molecular flexibility index (Phi) is 4.49. The average molecular weight is 336 g/mol. The van der Waals surface area contributed by atoms with Crippen molar-refractivity contribution in [1.82, 2.24) is 4.98 Å². The van der Waals surface area contributed by atoms with Gasteiger partial charge in [-0.05, 0) is 66.5 Å². The maximum atomic E-state index is 5.86. The molecule has 1 aromatic heterocycles. The van der Waals surface area contributed by atoms with Crippen LogP contribution in [0.2, 0.25) is 0 Å². The molecule has 0 fully saturated rings. The number of benzene rings is 1. The molecular weight excluding hydrogens is 318 g/mol. The Labute approximate surface area is 127 Å². The summed E-state index contributed by atoms with van der Waals surface area (Å²) < 4.78 is 6.57. The van der Waals surface area contributed by atoms with Crippen molar-refractivity contribution in [2.45, 2.75) is 26.9 Å². The van der Waals surface area contributed by atoms with Crippen LogP contribution in [-0.2, 0) is 0 Å². The number of nitrogen functional groups attached to an aromatic ring is 1. The van der Waals surface area contributed by atoms with Gasteiger partial charge >= 0.3 is 0 Å². The van der Waals surface area contributed by atoms with Gasteiger partial charge in [-0.1, -0.05) is 6.07 Å². The van der Waals surface area contributed by atoms with Gasteiger partial charge in [-0.3, -0.25) is 0 Å². The van der Waals surface area contributed by atoms with Gasteiger partial charge in [0.25, 0.3) is 0 Å². The van der Waals surface area contributed by atoms with Crippen LogP contribution in [0.5, 0.6) is 5.88 Å². The van der Waals surface area contributed by atoms with Crippen molar-refractivity contribution in [2.24, 2.45) is 0 Å². The highest BCUT2D eigenvalue weighted by Gasteiger charge is 2.08. The normalized spacial score (nSPS) is 10.7. The number of hydrogen-bond donors (Lipinski definition) is 2. The zero-order valence-electron chi connectivity index (χ0n) is 11.8. The van der Waals surface area contributed by atoms with E-state index in [1.54, 1.807) is 6.07 Å². The van der Waals surface area contributed by atoms with Crippen molar-refractivity contribution in [1.29, 1.82) is 0 Å². The van der Waals surface area contributed by atoms with Gasteiger partial charge in [0.1, 0.15) is 5.82 Å². The Morgan fingerprint density at radius 3 is 2.65 bits per heavy atom. The van der Waals surface area contributed by atoms with Crippen LogP contribution >= 0.6 is 15.9 Å². The molecule has 0 spiro atoms. The second-order valence-electron chi connectivity index (χ2n) is 4.87. The van der Waals surface area contributed by atoms with E-state index in [2.05, 4.69) is 26.2 Å². The number of anilines is 3. The van der Waals surface area contributed by atoms with Crippen molar-refractivity contribution in [3.05, 3.63) is 40.4 Å². The van der Waals surface area contributed by atoms with E-state index in [1.807, 2.05) is 45.0 Å². The molecule has 3 N–H and O–H groups in total. The van der Waals surface area contributed by atoms with E-state index in [1.165, 1.54) is 5.56 Å². The molecule has 0 saturated carbocycles. The molecule has 0 atom stereocenters. The Hall–Kier alpha value is -1.75. The number of ether oxygens (including phenoxy) is 1. The van der Waals surface area contributed by atoms with Gasteiger partial charge in [-0.2, -0.15) is 4.98 Å². The molecule has 0 aliphatic rings. The highest BCUT2D eigenvalue weighted by atomic mass is 79.9. The first-order valence-corrected chi connectivity index (χ1v) is 7.21. The monoisotopic (exact) mass is 335 g/mol. The lowest BCUT2D eigenvalue weighted by Crippen LogP contribution is -2.09. The molecule has 0 radical (unpaired) electrons. The van der Waals surface area contributed by atoms with Crippen molar-refractivity contribution in [3.8, 4) is 5.88 Å². The standard InChI is InChI=1S/C15H18BrN3O/c1-9(2)20-15-12(17)5-7-14(19-15)18-13-6-4-10(3)8-11(13)16/h4-9H,17H2,1-3H3,(H,18,19). The third kappa shape index (κ3) is 3.63. The minimum absolute atomic E-state index is 0.0335. The summed E-state index contributed by atoms with van der Waals surface area (Å²) in [6.45, 7) is 5.93. The predicted molar refractivity (Wildman–Crippen MR) is 86.6 cm³/mol. The highest BCUT2D eigenvalue weighted by molar-refractivity contribution is 9.10. The molecule has 20 heavy (non-hydrogen) atoms. The smallest absolute Gasteiger partial charge is 0.239 e. The molecule has 106 valence electrons. The van der Waals surface area contributed by atoms with Gasteiger partial charge in [0.05, 0.1) is 17.5 Å². The molecule has 4 nitrogen and oxygen atoms in total. The van der Waals surface area contributed by atoms with E-state index in [0.29, 0.717) is 17.4 Å². The lowest BCUT2D eigenvalue weighted by atomic mass is 10.2. The van der Waals surface area contributed by atoms with Crippen LogP contribution in [0.4, 0.5) is 17.2 Å². The number of hydrogen-bond acceptors (Lipinski definition) is 4. The van der Waals surface area contributed by atoms with E-state index in [-0.39, 0.29) is 6.10 Å². The number of aromatic nitrogens is 1. The van der Waals surface area contributed by atoms with Crippen LogP contribution in [0.25, 0.3) is 0 Å². The van der Waals surface area contributed by atoms with E-state index in [0.717, 1.165) is 10.2 Å². The molecule has 0 unspecified atom stereocenters. The summed E-state index contributed by atoms with van der Waals surface area (Å²) in [5, 5.41) is 3.25. The summed E-state index contributed by atoms with van der Waals surface area (Å²) in [5.74, 6) is 1.15. The molecule has 2 rings (SSSR count). The number of nitrogens with one attached hydrogen (secondary N) is 1. The quantitative estimate of drug-likeness (QED) is 0.876. The van der Waals surface area contributed by atoms with Crippen LogP contribution in [0.1, 0.15) is 19.4 Å². The number of nitrogens with zero attached hydrogens (tertiary/aromatic N) is 1. The fraction of sp³-hybridized carbons (Fsp3) is 0.267. The van der Waals surface area contributed by atoms with Gasteiger partial charge in [0.2, 0.25) is 5.88 Å².